The Morgan fingerprint density at radius 1 is 1.26 bits per heavy atom. The van der Waals surface area contributed by atoms with Crippen molar-refractivity contribution in [1.82, 2.24) is 25.1 Å². The number of carbonyl (C=O) groups excluding carboxylic acids is 1. The highest BCUT2D eigenvalue weighted by atomic mass is 127. The highest BCUT2D eigenvalue weighted by Crippen LogP contribution is 2.33. The van der Waals surface area contributed by atoms with Gasteiger partial charge in [-0.2, -0.15) is 4.68 Å². The molecule has 1 aromatic carbocycles. The van der Waals surface area contributed by atoms with Gasteiger partial charge in [-0.1, -0.05) is 34.8 Å². The van der Waals surface area contributed by atoms with Gasteiger partial charge in [0.15, 0.2) is 5.82 Å². The predicted octanol–water partition coefficient (Wildman–Crippen LogP) is 3.11. The molecule has 0 fully saturated rings. The molecular weight excluding hydrogens is 475 g/mol. The molecular formula is C13H11Cl3IN5O. The lowest BCUT2D eigenvalue weighted by Gasteiger charge is -2.15. The number of benzene rings is 1. The van der Waals surface area contributed by atoms with E-state index < -0.39 is 9.58 Å². The fourth-order valence-electron chi connectivity index (χ4n) is 1.74. The maximum atomic E-state index is 12.4. The molecule has 0 saturated carbocycles. The Morgan fingerprint density at radius 3 is 2.39 bits per heavy atom. The summed E-state index contributed by atoms with van der Waals surface area (Å²) in [5.41, 5.74) is 0.783. The van der Waals surface area contributed by atoms with Crippen LogP contribution in [0.1, 0.15) is 5.82 Å². The SMILES string of the molecule is CN(C)C=C(C(=O)C(Cl)(Cl)Cl)c1nnnn1-c1ccc(I)cc1. The lowest BCUT2D eigenvalue weighted by atomic mass is 10.1. The summed E-state index contributed by atoms with van der Waals surface area (Å²) in [6, 6.07) is 7.45. The largest absolute Gasteiger partial charge is 0.383 e. The Balaban J connectivity index is 2.56. The van der Waals surface area contributed by atoms with Crippen LogP contribution < -0.4 is 0 Å². The van der Waals surface area contributed by atoms with E-state index in [-0.39, 0.29) is 11.4 Å². The van der Waals surface area contributed by atoms with Gasteiger partial charge in [-0.05, 0) is 57.3 Å². The third kappa shape index (κ3) is 4.56. The van der Waals surface area contributed by atoms with Gasteiger partial charge < -0.3 is 4.90 Å². The molecule has 6 nitrogen and oxygen atoms in total. The lowest BCUT2D eigenvalue weighted by Crippen LogP contribution is -2.23. The number of Topliss-reactive ketones (excluding diaryl/α,β-unsaturated/α-hetero) is 1. The Kier molecular flexibility index (Phi) is 5.88. The van der Waals surface area contributed by atoms with Crippen LogP contribution >= 0.6 is 57.4 Å². The number of halogens is 4. The molecule has 2 rings (SSSR count). The minimum absolute atomic E-state index is 0.0959. The molecule has 2 aromatic rings. The van der Waals surface area contributed by atoms with Gasteiger partial charge in [0.2, 0.25) is 5.78 Å². The highest BCUT2D eigenvalue weighted by molar-refractivity contribution is 14.1. The molecule has 23 heavy (non-hydrogen) atoms. The number of hydrogen-bond acceptors (Lipinski definition) is 5. The minimum Gasteiger partial charge on any atom is -0.383 e. The summed E-state index contributed by atoms with van der Waals surface area (Å²) in [5.74, 6) is -0.519. The van der Waals surface area contributed by atoms with Crippen molar-refractivity contribution in [3.63, 3.8) is 0 Å². The monoisotopic (exact) mass is 485 g/mol. The third-order valence-corrected chi connectivity index (χ3v) is 3.91. The molecule has 0 amide bonds. The second kappa shape index (κ2) is 7.33. The summed E-state index contributed by atoms with van der Waals surface area (Å²) in [6.07, 6.45) is 1.51. The fourth-order valence-corrected chi connectivity index (χ4v) is 2.41. The third-order valence-electron chi connectivity index (χ3n) is 2.67. The van der Waals surface area contributed by atoms with E-state index in [1.54, 1.807) is 19.0 Å². The zero-order valence-electron chi connectivity index (χ0n) is 12.0. The molecule has 0 bridgehead atoms. The Morgan fingerprint density at radius 2 is 1.87 bits per heavy atom. The molecule has 10 heteroatoms. The van der Waals surface area contributed by atoms with Crippen LogP contribution in [0.15, 0.2) is 30.5 Å². The highest BCUT2D eigenvalue weighted by Gasteiger charge is 2.36. The van der Waals surface area contributed by atoms with E-state index >= 15 is 0 Å². The number of ketones is 1. The van der Waals surface area contributed by atoms with Crippen molar-refractivity contribution in [3.05, 3.63) is 39.9 Å². The van der Waals surface area contributed by atoms with Crippen molar-refractivity contribution in [2.45, 2.75) is 3.79 Å². The second-order valence-corrected chi connectivity index (χ2v) is 8.25. The number of nitrogens with zero attached hydrogens (tertiary/aromatic N) is 5. The van der Waals surface area contributed by atoms with Crippen LogP contribution in [0.5, 0.6) is 0 Å². The smallest absolute Gasteiger partial charge is 0.253 e. The van der Waals surface area contributed by atoms with Crippen molar-refractivity contribution in [3.8, 4) is 5.69 Å². The first-order valence-electron chi connectivity index (χ1n) is 6.24. The van der Waals surface area contributed by atoms with E-state index in [0.717, 1.165) is 3.57 Å². The first-order valence-corrected chi connectivity index (χ1v) is 8.46. The van der Waals surface area contributed by atoms with Gasteiger partial charge in [-0.15, -0.1) is 5.10 Å². The van der Waals surface area contributed by atoms with Crippen molar-refractivity contribution < 1.29 is 4.79 Å². The van der Waals surface area contributed by atoms with Crippen molar-refractivity contribution in [1.29, 1.82) is 0 Å². The first-order chi connectivity index (χ1) is 10.7. The molecule has 0 aliphatic heterocycles. The average molecular weight is 487 g/mol. The van der Waals surface area contributed by atoms with Crippen molar-refractivity contribution >= 4 is 68.8 Å². The standard InChI is InChI=1S/C13H11Cl3IN5O/c1-21(2)7-10(11(23)13(14,15)16)12-18-19-20-22(12)9-5-3-8(17)4-6-9/h3-7H,1-2H3. The summed E-state index contributed by atoms with van der Waals surface area (Å²) >= 11 is 19.4. The van der Waals surface area contributed by atoms with Gasteiger partial charge in [-0.3, -0.25) is 4.79 Å². The molecule has 0 aliphatic rings. The summed E-state index contributed by atoms with van der Waals surface area (Å²) in [7, 11) is 3.48. The number of tetrazole rings is 1. The van der Waals surface area contributed by atoms with Gasteiger partial charge in [0.1, 0.15) is 0 Å². The lowest BCUT2D eigenvalue weighted by molar-refractivity contribution is -0.113. The molecule has 1 aromatic heterocycles. The first kappa shape index (κ1) is 18.4. The van der Waals surface area contributed by atoms with Crippen LogP contribution in [0.4, 0.5) is 0 Å². The van der Waals surface area contributed by atoms with Crippen LogP contribution in [-0.2, 0) is 4.79 Å². The van der Waals surface area contributed by atoms with Gasteiger partial charge in [-0.25, -0.2) is 0 Å². The van der Waals surface area contributed by atoms with Crippen LogP contribution in [0.25, 0.3) is 11.3 Å². The zero-order valence-corrected chi connectivity index (χ0v) is 16.5. The Labute approximate surface area is 161 Å². The summed E-state index contributed by atoms with van der Waals surface area (Å²) in [5, 5.41) is 11.5. The molecule has 1 heterocycles. The van der Waals surface area contributed by atoms with Crippen molar-refractivity contribution in [2.24, 2.45) is 0 Å². The molecule has 0 saturated heterocycles. The predicted molar refractivity (Wildman–Crippen MR) is 98.8 cm³/mol. The molecule has 0 radical (unpaired) electrons. The Hall–Kier alpha value is -0.900. The van der Waals surface area contributed by atoms with E-state index in [2.05, 4.69) is 38.1 Å². The van der Waals surface area contributed by atoms with Crippen LogP contribution in [-0.4, -0.2) is 48.8 Å². The normalized spacial score (nSPS) is 12.3. The second-order valence-electron chi connectivity index (χ2n) is 4.72. The zero-order chi connectivity index (χ0) is 17.2. The van der Waals surface area contributed by atoms with Crippen LogP contribution in [0.3, 0.4) is 0 Å². The summed E-state index contributed by atoms with van der Waals surface area (Å²) < 4.78 is 0.368. The number of allylic oxidation sites excluding steroid dienone is 1. The molecule has 0 aliphatic carbocycles. The fraction of sp³-hybridized carbons (Fsp3) is 0.231. The van der Waals surface area contributed by atoms with Crippen LogP contribution in [0, 0.1) is 3.57 Å². The van der Waals surface area contributed by atoms with Gasteiger partial charge in [0.25, 0.3) is 3.79 Å². The number of rotatable bonds is 4. The number of hydrogen-bond donors (Lipinski definition) is 0. The van der Waals surface area contributed by atoms with E-state index in [4.69, 9.17) is 34.8 Å². The summed E-state index contributed by atoms with van der Waals surface area (Å²) in [4.78, 5) is 14.1. The van der Waals surface area contributed by atoms with Crippen LogP contribution in [0.2, 0.25) is 0 Å². The molecule has 0 N–H and O–H groups in total. The number of carbonyl (C=O) groups is 1. The molecule has 0 spiro atoms. The maximum Gasteiger partial charge on any atom is 0.253 e. The maximum absolute atomic E-state index is 12.4. The Bertz CT molecular complexity index is 737. The molecule has 0 unspecified atom stereocenters. The van der Waals surface area contributed by atoms with Gasteiger partial charge >= 0.3 is 0 Å². The summed E-state index contributed by atoms with van der Waals surface area (Å²) in [6.45, 7) is 0. The topological polar surface area (TPSA) is 63.9 Å². The van der Waals surface area contributed by atoms with E-state index in [1.807, 2.05) is 24.3 Å². The quantitative estimate of drug-likeness (QED) is 0.378. The number of aromatic nitrogens is 4. The van der Waals surface area contributed by atoms with Gasteiger partial charge in [0.05, 0.1) is 11.3 Å². The van der Waals surface area contributed by atoms with E-state index in [0.29, 0.717) is 5.69 Å². The molecule has 0 atom stereocenters. The van der Waals surface area contributed by atoms with E-state index in [1.165, 1.54) is 10.9 Å². The average Bonchev–Trinajstić information content (AvgIpc) is 2.92. The molecule has 122 valence electrons. The van der Waals surface area contributed by atoms with E-state index in [9.17, 15) is 4.79 Å². The number of alkyl halides is 3. The minimum atomic E-state index is -2.11. The van der Waals surface area contributed by atoms with Gasteiger partial charge in [0, 0.05) is 23.9 Å². The van der Waals surface area contributed by atoms with Crippen molar-refractivity contribution in [2.75, 3.05) is 14.1 Å².